The van der Waals surface area contributed by atoms with Gasteiger partial charge in [-0.1, -0.05) is 35.3 Å². The zero-order chi connectivity index (χ0) is 33.1. The first-order valence-corrected chi connectivity index (χ1v) is 17.5. The summed E-state index contributed by atoms with van der Waals surface area (Å²) in [6, 6.07) is 6.52. The average molecular weight is 687 g/mol. The lowest BCUT2D eigenvalue weighted by atomic mass is 9.81. The summed E-state index contributed by atoms with van der Waals surface area (Å²) in [5.41, 5.74) is 4.41. The summed E-state index contributed by atoms with van der Waals surface area (Å²) in [7, 11) is 5.40. The lowest BCUT2D eigenvalue weighted by Crippen LogP contribution is -2.83. The lowest BCUT2D eigenvalue weighted by Gasteiger charge is -2.44. The molecule has 3 N–H and O–H groups in total. The number of rotatable bonds is 6. The van der Waals surface area contributed by atoms with E-state index in [4.69, 9.17) is 43.3 Å². The highest BCUT2D eigenvalue weighted by molar-refractivity contribution is 6.58. The Morgan fingerprint density at radius 3 is 2.83 bits per heavy atom. The molecule has 1 aromatic heterocycles. The van der Waals surface area contributed by atoms with Crippen LogP contribution in [-0.4, -0.2) is 108 Å². The lowest BCUT2D eigenvalue weighted by molar-refractivity contribution is -0.605. The summed E-state index contributed by atoms with van der Waals surface area (Å²) in [5, 5.41) is 11.5. The number of hydrogen-bond donors (Lipinski definition) is 2. The van der Waals surface area contributed by atoms with E-state index in [9.17, 15) is 9.18 Å². The van der Waals surface area contributed by atoms with E-state index in [1.54, 1.807) is 14.1 Å². The van der Waals surface area contributed by atoms with E-state index in [2.05, 4.69) is 27.8 Å². The van der Waals surface area contributed by atoms with Crippen LogP contribution in [0.2, 0.25) is 5.02 Å². The molecule has 3 saturated heterocycles. The fourth-order valence-electron chi connectivity index (χ4n) is 8.60. The van der Waals surface area contributed by atoms with Gasteiger partial charge >= 0.3 is 6.01 Å². The van der Waals surface area contributed by atoms with E-state index < -0.39 is 12.1 Å². The van der Waals surface area contributed by atoms with Crippen LogP contribution in [-0.2, 0) is 29.7 Å². The van der Waals surface area contributed by atoms with Crippen LogP contribution in [0.3, 0.4) is 0 Å². The first-order valence-electron chi connectivity index (χ1n) is 16.7. The fourth-order valence-corrected chi connectivity index (χ4v) is 9.09. The standard InChI is InChI=1S/C34H43Cl2FN8O2/c1-42(2)31(46)29(38)28(36)27-19-44(13-6-12-39-27)30-23-18-43(3)34(11-9-22-24(34)7-4-8-25(22)35)16-26(23)40-32(41-30)47-20-33-10-5-14-45(33)17-21(37)15-33/h4,7-8,21,38-39H,5-6,9-20H2,1-3H3/p+1/b28-27+,38-29?/t21-,33+,34+/m1/s1. The van der Waals surface area contributed by atoms with Crippen LogP contribution in [0.15, 0.2) is 28.9 Å². The summed E-state index contributed by atoms with van der Waals surface area (Å²) in [6.45, 7) is 4.23. The third kappa shape index (κ3) is 5.71. The second-order valence-electron chi connectivity index (χ2n) is 14.1. The van der Waals surface area contributed by atoms with Gasteiger partial charge in [-0.25, -0.2) is 4.39 Å². The van der Waals surface area contributed by atoms with Crippen LogP contribution in [0.1, 0.15) is 54.5 Å². The monoisotopic (exact) mass is 685 g/mol. The van der Waals surface area contributed by atoms with Crippen molar-refractivity contribution in [3.05, 3.63) is 56.3 Å². The molecule has 7 rings (SSSR count). The highest BCUT2D eigenvalue weighted by Crippen LogP contribution is 2.49. The Kier molecular flexibility index (Phi) is 8.74. The molecule has 47 heavy (non-hydrogen) atoms. The normalized spacial score (nSPS) is 28.6. The van der Waals surface area contributed by atoms with Crippen LogP contribution in [0, 0.1) is 5.41 Å². The van der Waals surface area contributed by atoms with Gasteiger partial charge in [-0.05, 0) is 56.5 Å². The number of quaternary nitrogens is 1. The van der Waals surface area contributed by atoms with Crippen molar-refractivity contribution >= 4 is 40.6 Å². The third-order valence-corrected chi connectivity index (χ3v) is 11.9. The van der Waals surface area contributed by atoms with E-state index in [0.717, 1.165) is 79.5 Å². The largest absolute Gasteiger partial charge is 0.461 e. The molecule has 0 saturated carbocycles. The van der Waals surface area contributed by atoms with Gasteiger partial charge in [0, 0.05) is 63.6 Å². The fraction of sp³-hybridized carbons (Fsp3) is 0.588. The Morgan fingerprint density at radius 2 is 2.02 bits per heavy atom. The number of likely N-dealkylation sites (N-methyl/N-ethyl adjacent to an activating group) is 1. The van der Waals surface area contributed by atoms with Crippen LogP contribution in [0.4, 0.5) is 10.2 Å². The number of aromatic nitrogens is 2. The number of nitrogens with zero attached hydrogens (tertiary/aromatic N) is 6. The number of carbonyl (C=O) groups excluding carboxylic acids is 1. The van der Waals surface area contributed by atoms with Crippen LogP contribution >= 0.6 is 23.2 Å². The number of nitrogens with one attached hydrogen (secondary N) is 1. The molecule has 1 amide bonds. The minimum Gasteiger partial charge on any atom is -0.461 e. The highest BCUT2D eigenvalue weighted by Gasteiger charge is 2.50. The molecule has 0 unspecified atom stereocenters. The van der Waals surface area contributed by atoms with Gasteiger partial charge in [0.2, 0.25) is 0 Å². The van der Waals surface area contributed by atoms with Crippen LogP contribution in [0.25, 0.3) is 0 Å². The van der Waals surface area contributed by atoms with E-state index in [-0.39, 0.29) is 21.8 Å². The first kappa shape index (κ1) is 32.7. The number of ether oxygens (including phenoxy) is 1. The minimum absolute atomic E-state index is 0.160. The Balaban J connectivity index is 1.27. The minimum atomic E-state index is -0.843. The van der Waals surface area contributed by atoms with Crippen molar-refractivity contribution in [3.63, 3.8) is 0 Å². The van der Waals surface area contributed by atoms with Crippen molar-refractivity contribution in [2.45, 2.75) is 68.7 Å². The topological polar surface area (TPSA) is 106 Å². The third-order valence-electron chi connectivity index (χ3n) is 11.1. The first-order chi connectivity index (χ1) is 22.5. The molecular formula is C34H44Cl2FN8O2+. The second kappa shape index (κ2) is 12.6. The number of fused-ring (bicyclic) bond motifs is 4. The van der Waals surface area contributed by atoms with Crippen molar-refractivity contribution in [1.82, 2.24) is 24.7 Å². The maximum atomic E-state index is 14.6. The number of benzene rings is 1. The Bertz CT molecular complexity index is 1640. The smallest absolute Gasteiger partial charge is 0.318 e. The van der Waals surface area contributed by atoms with E-state index in [1.165, 1.54) is 16.0 Å². The van der Waals surface area contributed by atoms with Crippen LogP contribution in [0.5, 0.6) is 6.01 Å². The maximum absolute atomic E-state index is 14.6. The molecule has 10 nitrogen and oxygen atoms in total. The van der Waals surface area contributed by atoms with E-state index in [0.29, 0.717) is 45.1 Å². The summed E-state index contributed by atoms with van der Waals surface area (Å²) < 4.78 is 21.1. The van der Waals surface area contributed by atoms with Gasteiger partial charge in [-0.15, -0.1) is 0 Å². The van der Waals surface area contributed by atoms with Gasteiger partial charge in [0.15, 0.2) is 0 Å². The molecule has 5 aliphatic rings. The molecule has 13 heteroatoms. The van der Waals surface area contributed by atoms with Gasteiger partial charge in [0.05, 0.1) is 29.9 Å². The average Bonchev–Trinajstić information content (AvgIpc) is 3.63. The molecule has 1 aliphatic carbocycles. The van der Waals surface area contributed by atoms with Gasteiger partial charge < -0.3 is 19.9 Å². The molecule has 2 aromatic rings. The second-order valence-corrected chi connectivity index (χ2v) is 14.9. The summed E-state index contributed by atoms with van der Waals surface area (Å²) in [5.74, 6) is 0.350. The molecule has 252 valence electrons. The molecular weight excluding hydrogens is 642 g/mol. The van der Waals surface area contributed by atoms with Gasteiger partial charge in [0.25, 0.3) is 5.91 Å². The molecule has 0 bridgehead atoms. The zero-order valence-electron chi connectivity index (χ0n) is 27.4. The molecule has 0 radical (unpaired) electrons. The van der Waals surface area contributed by atoms with Gasteiger partial charge in [-0.2, -0.15) is 9.97 Å². The van der Waals surface area contributed by atoms with Gasteiger partial charge in [0.1, 0.15) is 35.0 Å². The summed E-state index contributed by atoms with van der Waals surface area (Å²) >= 11 is 13.4. The van der Waals surface area contributed by atoms with Crippen molar-refractivity contribution in [3.8, 4) is 6.01 Å². The number of amides is 1. The van der Waals surface area contributed by atoms with Crippen molar-refractivity contribution in [2.75, 3.05) is 65.4 Å². The SMILES string of the molecule is CN(C)C(=O)C(=N)/C(Cl)=C1/CN(c2nc(OC[C@@]34CCCN3C[C@H](F)C4)nc3c2CN(C)[C@@]2(CCc4c(Cl)cccc42)C3)CCC[NH2+]1. The predicted octanol–water partition coefficient (Wildman–Crippen LogP) is 3.25. The van der Waals surface area contributed by atoms with Crippen molar-refractivity contribution in [2.24, 2.45) is 0 Å². The Morgan fingerprint density at radius 1 is 1.19 bits per heavy atom. The van der Waals surface area contributed by atoms with Crippen molar-refractivity contribution < 1.29 is 19.2 Å². The van der Waals surface area contributed by atoms with Gasteiger partial charge in [-0.3, -0.25) is 20.0 Å². The number of alkyl halides is 1. The highest BCUT2D eigenvalue weighted by atomic mass is 35.5. The molecule has 3 atom stereocenters. The Hall–Kier alpha value is -2.83. The number of halogens is 3. The van der Waals surface area contributed by atoms with E-state index >= 15 is 0 Å². The number of hydrogen-bond acceptors (Lipinski definition) is 8. The quantitative estimate of drug-likeness (QED) is 0.450. The summed E-state index contributed by atoms with van der Waals surface area (Å²) in [4.78, 5) is 31.0. The predicted molar refractivity (Wildman–Crippen MR) is 180 cm³/mol. The molecule has 3 fully saturated rings. The number of nitrogens with two attached hydrogens (primary N) is 1. The van der Waals surface area contributed by atoms with Crippen molar-refractivity contribution in [1.29, 1.82) is 5.41 Å². The van der Waals surface area contributed by atoms with E-state index in [1.807, 2.05) is 17.4 Å². The Labute approximate surface area is 285 Å². The van der Waals surface area contributed by atoms with Crippen LogP contribution < -0.4 is 15.0 Å². The maximum Gasteiger partial charge on any atom is 0.318 e. The summed E-state index contributed by atoms with van der Waals surface area (Å²) in [6.07, 6.45) is 4.97. The number of anilines is 1. The number of carbonyl (C=O) groups is 1. The zero-order valence-corrected chi connectivity index (χ0v) is 28.9. The molecule has 1 spiro atoms. The molecule has 4 aliphatic heterocycles. The molecule has 5 heterocycles. The molecule has 1 aromatic carbocycles.